The van der Waals surface area contributed by atoms with Crippen LogP contribution in [0.5, 0.6) is 0 Å². The van der Waals surface area contributed by atoms with Gasteiger partial charge in [-0.05, 0) is 73.3 Å². The molecule has 1 aromatic carbocycles. The maximum Gasteiger partial charge on any atom is -0.00185 e. The van der Waals surface area contributed by atoms with Crippen LogP contribution in [0.15, 0.2) is 24.3 Å². The molecule has 0 heteroatoms. The molecule has 0 amide bonds. The Kier molecular flexibility index (Phi) is 7.64. The summed E-state index contributed by atoms with van der Waals surface area (Å²) >= 11 is 0. The second-order valence-electron chi connectivity index (χ2n) is 9.38. The average Bonchev–Trinajstić information content (AvgIpc) is 2.70. The third-order valence-corrected chi connectivity index (χ3v) is 7.67. The normalized spacial score (nSPS) is 27.5. The van der Waals surface area contributed by atoms with Crippen LogP contribution >= 0.6 is 0 Å². The first-order valence-corrected chi connectivity index (χ1v) is 11.9. The van der Waals surface area contributed by atoms with Gasteiger partial charge in [0, 0.05) is 0 Å². The number of rotatable bonds is 8. The van der Waals surface area contributed by atoms with Crippen LogP contribution < -0.4 is 0 Å². The van der Waals surface area contributed by atoms with Gasteiger partial charge in [-0.2, -0.15) is 0 Å². The monoisotopic (exact) mass is 354 g/mol. The molecular formula is C26H42. The van der Waals surface area contributed by atoms with Crippen molar-refractivity contribution in [1.29, 1.82) is 0 Å². The first-order chi connectivity index (χ1) is 12.8. The van der Waals surface area contributed by atoms with Gasteiger partial charge in [0.1, 0.15) is 0 Å². The number of unbranched alkanes of at least 4 members (excludes halogenated alkanes) is 2. The quantitative estimate of drug-likeness (QED) is 0.412. The predicted octanol–water partition coefficient (Wildman–Crippen LogP) is 8.23. The summed E-state index contributed by atoms with van der Waals surface area (Å²) in [4.78, 5) is 0. The molecular weight excluding hydrogens is 312 g/mol. The Bertz CT molecular complexity index is 497. The number of aryl methyl sites for hydroxylation is 1. The summed E-state index contributed by atoms with van der Waals surface area (Å²) in [5.74, 6) is 1.96. The van der Waals surface area contributed by atoms with E-state index in [-0.39, 0.29) is 0 Å². The van der Waals surface area contributed by atoms with Crippen molar-refractivity contribution in [2.45, 2.75) is 116 Å². The molecule has 26 heavy (non-hydrogen) atoms. The molecule has 0 unspecified atom stereocenters. The van der Waals surface area contributed by atoms with Gasteiger partial charge in [0.05, 0.1) is 0 Å². The lowest BCUT2D eigenvalue weighted by Gasteiger charge is -2.48. The zero-order valence-corrected chi connectivity index (χ0v) is 17.6. The van der Waals surface area contributed by atoms with Gasteiger partial charge in [-0.25, -0.2) is 0 Å². The summed E-state index contributed by atoms with van der Waals surface area (Å²) in [5.41, 5.74) is 3.73. The second kappa shape index (κ2) is 9.95. The molecule has 0 radical (unpaired) electrons. The van der Waals surface area contributed by atoms with Crippen molar-refractivity contribution in [3.05, 3.63) is 35.4 Å². The van der Waals surface area contributed by atoms with Crippen molar-refractivity contribution in [3.8, 4) is 0 Å². The van der Waals surface area contributed by atoms with E-state index < -0.39 is 0 Å². The standard InChI is InChI=1S/C26H42/c1-3-5-7-11-23-18-20-26(21-19-23,24-12-8-6-9-13-24)25-16-14-22(10-4-2)15-17-25/h14-17,23-24H,3-13,18-21H2,1-2H3. The molecule has 1 aromatic rings. The summed E-state index contributed by atoms with van der Waals surface area (Å²) in [7, 11) is 0. The molecule has 0 aromatic heterocycles. The topological polar surface area (TPSA) is 0 Å². The van der Waals surface area contributed by atoms with E-state index in [1.54, 1.807) is 5.56 Å². The molecule has 0 nitrogen and oxygen atoms in total. The third kappa shape index (κ3) is 4.73. The number of benzene rings is 1. The van der Waals surface area contributed by atoms with E-state index in [1.165, 1.54) is 102 Å². The van der Waals surface area contributed by atoms with Crippen LogP contribution in [0.3, 0.4) is 0 Å². The Morgan fingerprint density at radius 3 is 2.12 bits per heavy atom. The van der Waals surface area contributed by atoms with E-state index in [1.807, 2.05) is 0 Å². The smallest absolute Gasteiger partial charge is 0.00185 e. The highest BCUT2D eigenvalue weighted by atomic mass is 14.5. The maximum atomic E-state index is 2.52. The van der Waals surface area contributed by atoms with Crippen molar-refractivity contribution in [1.82, 2.24) is 0 Å². The maximum absolute atomic E-state index is 2.52. The fraction of sp³-hybridized carbons (Fsp3) is 0.769. The Labute approximate surface area is 163 Å². The Hall–Kier alpha value is -0.780. The second-order valence-corrected chi connectivity index (χ2v) is 9.38. The molecule has 3 rings (SSSR count). The summed E-state index contributed by atoms with van der Waals surface area (Å²) in [6, 6.07) is 9.93. The number of hydrogen-bond acceptors (Lipinski definition) is 0. The lowest BCUT2D eigenvalue weighted by atomic mass is 9.57. The molecule has 0 aliphatic heterocycles. The van der Waals surface area contributed by atoms with E-state index in [9.17, 15) is 0 Å². The van der Waals surface area contributed by atoms with Crippen molar-refractivity contribution in [2.24, 2.45) is 11.8 Å². The van der Waals surface area contributed by atoms with Crippen LogP contribution in [0.1, 0.15) is 115 Å². The highest BCUT2D eigenvalue weighted by Gasteiger charge is 2.43. The number of hydrogen-bond donors (Lipinski definition) is 0. The van der Waals surface area contributed by atoms with Crippen LogP contribution in [0.2, 0.25) is 0 Å². The van der Waals surface area contributed by atoms with E-state index >= 15 is 0 Å². The van der Waals surface area contributed by atoms with Crippen molar-refractivity contribution in [3.63, 3.8) is 0 Å². The molecule has 0 heterocycles. The molecule has 2 fully saturated rings. The lowest BCUT2D eigenvalue weighted by molar-refractivity contribution is 0.120. The van der Waals surface area contributed by atoms with Crippen LogP contribution in [0.4, 0.5) is 0 Å². The van der Waals surface area contributed by atoms with Gasteiger partial charge in [-0.1, -0.05) is 89.5 Å². The van der Waals surface area contributed by atoms with Gasteiger partial charge >= 0.3 is 0 Å². The van der Waals surface area contributed by atoms with Gasteiger partial charge in [0.2, 0.25) is 0 Å². The minimum atomic E-state index is 0.506. The zero-order valence-electron chi connectivity index (χ0n) is 17.6. The molecule has 0 saturated heterocycles. The van der Waals surface area contributed by atoms with Gasteiger partial charge < -0.3 is 0 Å². The van der Waals surface area contributed by atoms with E-state index in [0.717, 1.165) is 11.8 Å². The Morgan fingerprint density at radius 2 is 1.50 bits per heavy atom. The van der Waals surface area contributed by atoms with E-state index in [2.05, 4.69) is 38.1 Å². The first kappa shape index (κ1) is 20.0. The third-order valence-electron chi connectivity index (χ3n) is 7.67. The summed E-state index contributed by atoms with van der Waals surface area (Å²) in [5, 5.41) is 0. The predicted molar refractivity (Wildman–Crippen MR) is 115 cm³/mol. The summed E-state index contributed by atoms with van der Waals surface area (Å²) in [6.45, 7) is 4.62. The highest BCUT2D eigenvalue weighted by molar-refractivity contribution is 5.31. The molecule has 2 aliphatic carbocycles. The van der Waals surface area contributed by atoms with Gasteiger partial charge in [0.15, 0.2) is 0 Å². The first-order valence-electron chi connectivity index (χ1n) is 11.9. The van der Waals surface area contributed by atoms with Crippen LogP contribution in [0.25, 0.3) is 0 Å². The molecule has 0 N–H and O–H groups in total. The molecule has 0 bridgehead atoms. The highest BCUT2D eigenvalue weighted by Crippen LogP contribution is 2.51. The van der Waals surface area contributed by atoms with Crippen LogP contribution in [-0.2, 0) is 11.8 Å². The molecule has 2 aliphatic rings. The van der Waals surface area contributed by atoms with Crippen molar-refractivity contribution < 1.29 is 0 Å². The average molecular weight is 355 g/mol. The summed E-state index contributed by atoms with van der Waals surface area (Å²) < 4.78 is 0. The largest absolute Gasteiger partial charge is 0.0654 e. The lowest BCUT2D eigenvalue weighted by Crippen LogP contribution is -2.40. The molecule has 146 valence electrons. The van der Waals surface area contributed by atoms with Crippen LogP contribution in [-0.4, -0.2) is 0 Å². The molecule has 0 spiro atoms. The van der Waals surface area contributed by atoms with Crippen molar-refractivity contribution in [2.75, 3.05) is 0 Å². The van der Waals surface area contributed by atoms with Gasteiger partial charge in [-0.15, -0.1) is 0 Å². The van der Waals surface area contributed by atoms with E-state index in [4.69, 9.17) is 0 Å². The van der Waals surface area contributed by atoms with Gasteiger partial charge in [-0.3, -0.25) is 0 Å². The van der Waals surface area contributed by atoms with Crippen LogP contribution in [0, 0.1) is 11.8 Å². The Morgan fingerprint density at radius 1 is 0.808 bits per heavy atom. The molecule has 0 atom stereocenters. The van der Waals surface area contributed by atoms with E-state index in [0.29, 0.717) is 5.41 Å². The fourth-order valence-electron chi connectivity index (χ4n) is 6.04. The van der Waals surface area contributed by atoms with Gasteiger partial charge in [0.25, 0.3) is 0 Å². The summed E-state index contributed by atoms with van der Waals surface area (Å²) in [6.07, 6.45) is 21.5. The van der Waals surface area contributed by atoms with Crippen molar-refractivity contribution >= 4 is 0 Å². The minimum Gasteiger partial charge on any atom is -0.0654 e. The Balaban J connectivity index is 1.73. The minimum absolute atomic E-state index is 0.506. The fourth-order valence-corrected chi connectivity index (χ4v) is 6.04. The SMILES string of the molecule is CCCCCC1CCC(c2ccc(CCC)cc2)(C2CCCCC2)CC1. The zero-order chi connectivity index (χ0) is 18.2. The molecule has 2 saturated carbocycles.